The van der Waals surface area contributed by atoms with Crippen molar-refractivity contribution in [3.05, 3.63) is 83.8 Å². The number of hydrogen-bond acceptors (Lipinski definition) is 11. The number of anilines is 2. The number of benzene rings is 3. The number of nitrogens with zero attached hydrogens (tertiary/aromatic N) is 6. The molecular formula is C40H38FN9O6. The van der Waals surface area contributed by atoms with Crippen LogP contribution in [0.15, 0.2) is 66.9 Å². The minimum atomic E-state index is -1.01. The number of imide groups is 2. The molecule has 16 heteroatoms. The number of aromatic nitrogens is 4. The van der Waals surface area contributed by atoms with Crippen LogP contribution in [0.1, 0.15) is 52.8 Å². The Morgan fingerprint density at radius 2 is 1.75 bits per heavy atom. The highest BCUT2D eigenvalue weighted by Gasteiger charge is 2.44. The maximum absolute atomic E-state index is 14.8. The second-order valence-corrected chi connectivity index (χ2v) is 13.9. The lowest BCUT2D eigenvalue weighted by Crippen LogP contribution is -2.54. The Balaban J connectivity index is 0.802. The van der Waals surface area contributed by atoms with Gasteiger partial charge in [-0.25, -0.2) is 14.4 Å². The number of piperidine rings is 1. The smallest absolute Gasteiger partial charge is 0.262 e. The second kappa shape index (κ2) is 15.2. The fourth-order valence-electron chi connectivity index (χ4n) is 7.44. The van der Waals surface area contributed by atoms with Crippen LogP contribution in [0.4, 0.5) is 15.8 Å². The molecule has 3 aliphatic heterocycles. The Labute approximate surface area is 320 Å². The van der Waals surface area contributed by atoms with Gasteiger partial charge in [0, 0.05) is 62.5 Å². The number of piperazine rings is 1. The second-order valence-electron chi connectivity index (χ2n) is 13.9. The third-order valence-corrected chi connectivity index (χ3v) is 10.4. The predicted molar refractivity (Wildman–Crippen MR) is 203 cm³/mol. The van der Waals surface area contributed by atoms with Crippen LogP contribution >= 0.6 is 0 Å². The molecule has 2 saturated heterocycles. The van der Waals surface area contributed by atoms with Gasteiger partial charge in [0.2, 0.25) is 17.7 Å². The first-order valence-electron chi connectivity index (χ1n) is 18.5. The van der Waals surface area contributed by atoms with Crippen LogP contribution in [0.2, 0.25) is 0 Å². The molecule has 1 atom stereocenters. The molecule has 3 N–H and O–H groups in total. The molecule has 5 aromatic rings. The fraction of sp³-hybridized carbons (Fsp3) is 0.300. The maximum Gasteiger partial charge on any atom is 0.262 e. The van der Waals surface area contributed by atoms with E-state index in [4.69, 9.17) is 4.74 Å². The number of rotatable bonds is 11. The Morgan fingerprint density at radius 3 is 2.52 bits per heavy atom. The summed E-state index contributed by atoms with van der Waals surface area (Å²) < 4.78 is 20.1. The summed E-state index contributed by atoms with van der Waals surface area (Å²) in [4.78, 5) is 77.0. The average molecular weight is 760 g/mol. The van der Waals surface area contributed by atoms with Crippen LogP contribution in [-0.4, -0.2) is 105 Å². The Kier molecular flexibility index (Phi) is 9.85. The van der Waals surface area contributed by atoms with Crippen molar-refractivity contribution in [3.63, 3.8) is 0 Å². The van der Waals surface area contributed by atoms with Crippen LogP contribution in [0.3, 0.4) is 0 Å². The van der Waals surface area contributed by atoms with Gasteiger partial charge in [-0.05, 0) is 61.7 Å². The van der Waals surface area contributed by atoms with Crippen molar-refractivity contribution >= 4 is 51.9 Å². The fourth-order valence-corrected chi connectivity index (χ4v) is 7.44. The van der Waals surface area contributed by atoms with Crippen molar-refractivity contribution in [1.29, 1.82) is 0 Å². The van der Waals surface area contributed by atoms with E-state index >= 15 is 0 Å². The van der Waals surface area contributed by atoms with Crippen LogP contribution < -0.4 is 20.3 Å². The summed E-state index contributed by atoms with van der Waals surface area (Å²) in [5, 5.41) is 12.9. The van der Waals surface area contributed by atoms with Gasteiger partial charge >= 0.3 is 0 Å². The van der Waals surface area contributed by atoms with Gasteiger partial charge in [-0.1, -0.05) is 18.2 Å². The van der Waals surface area contributed by atoms with Crippen LogP contribution in [-0.2, 0) is 14.4 Å². The van der Waals surface area contributed by atoms with E-state index in [9.17, 15) is 28.4 Å². The number of H-pyrrole nitrogens is 1. The first-order chi connectivity index (χ1) is 27.2. The van der Waals surface area contributed by atoms with E-state index in [2.05, 4.69) is 35.7 Å². The summed E-state index contributed by atoms with van der Waals surface area (Å²) in [6.45, 7) is 3.18. The number of carbonyl (C=O) groups excluding carboxylic acids is 5. The van der Waals surface area contributed by atoms with Gasteiger partial charge in [-0.3, -0.25) is 39.3 Å². The number of carbonyl (C=O) groups is 5. The minimum absolute atomic E-state index is 0.0634. The van der Waals surface area contributed by atoms with Gasteiger partial charge in [0.1, 0.15) is 34.3 Å². The van der Waals surface area contributed by atoms with Crippen molar-refractivity contribution in [1.82, 2.24) is 35.3 Å². The number of methoxy groups -OCH3 is 1. The standard InChI is InChI=1S/C40H38FN9O6/c1-56-31-6-4-5-28(41)34(31)37-43-22-29-36(45-37)35(47-46-29)23-8-11-25(12-9-23)48-17-19-49(20-18-48)33(52)7-2-3-16-42-24-10-13-26-27(21-24)40(55)50(39(26)54)30-14-15-32(51)44-38(30)53/h4-6,8-13,21-22,30,42H,2-3,7,14-20H2,1H3,(H,46,47)(H,44,51,53). The zero-order valence-corrected chi connectivity index (χ0v) is 30.5. The lowest BCUT2D eigenvalue weighted by Gasteiger charge is -2.36. The molecule has 8 rings (SSSR count). The summed E-state index contributed by atoms with van der Waals surface area (Å²) >= 11 is 0. The Hall–Kier alpha value is -6.71. The number of nitrogens with one attached hydrogen (secondary N) is 3. The van der Waals surface area contributed by atoms with Crippen molar-refractivity contribution in [2.75, 3.05) is 50.1 Å². The number of amides is 5. The van der Waals surface area contributed by atoms with E-state index in [1.807, 2.05) is 29.2 Å². The molecule has 2 fully saturated rings. The first kappa shape index (κ1) is 36.3. The lowest BCUT2D eigenvalue weighted by atomic mass is 10.0. The van der Waals surface area contributed by atoms with Gasteiger partial charge in [-0.2, -0.15) is 5.10 Å². The quantitative estimate of drug-likeness (QED) is 0.130. The zero-order chi connectivity index (χ0) is 38.9. The zero-order valence-electron chi connectivity index (χ0n) is 30.5. The minimum Gasteiger partial charge on any atom is -0.496 e. The molecule has 3 aliphatic rings. The molecular weight excluding hydrogens is 721 g/mol. The maximum atomic E-state index is 14.8. The van der Waals surface area contributed by atoms with Crippen molar-refractivity contribution < 1.29 is 33.1 Å². The van der Waals surface area contributed by atoms with Gasteiger partial charge in [0.15, 0.2) is 5.82 Å². The van der Waals surface area contributed by atoms with Crippen molar-refractivity contribution in [3.8, 4) is 28.4 Å². The molecule has 5 amide bonds. The third kappa shape index (κ3) is 6.89. The van der Waals surface area contributed by atoms with E-state index in [-0.39, 0.29) is 41.3 Å². The highest BCUT2D eigenvalue weighted by atomic mass is 19.1. The highest BCUT2D eigenvalue weighted by molar-refractivity contribution is 6.23. The van der Waals surface area contributed by atoms with E-state index in [1.54, 1.807) is 36.5 Å². The largest absolute Gasteiger partial charge is 0.496 e. The molecule has 0 spiro atoms. The topological polar surface area (TPSA) is 183 Å². The lowest BCUT2D eigenvalue weighted by molar-refractivity contribution is -0.136. The van der Waals surface area contributed by atoms with Gasteiger partial charge in [-0.15, -0.1) is 0 Å². The molecule has 3 aromatic carbocycles. The number of hydrogen-bond donors (Lipinski definition) is 3. The summed E-state index contributed by atoms with van der Waals surface area (Å²) in [5.74, 6) is -1.99. The summed E-state index contributed by atoms with van der Waals surface area (Å²) in [7, 11) is 1.47. The molecule has 0 saturated carbocycles. The molecule has 1 unspecified atom stereocenters. The Bertz CT molecular complexity index is 2370. The molecule has 0 aliphatic carbocycles. The average Bonchev–Trinajstić information content (AvgIpc) is 3.74. The number of aromatic amines is 1. The first-order valence-corrected chi connectivity index (χ1v) is 18.5. The van der Waals surface area contributed by atoms with Crippen LogP contribution in [0.5, 0.6) is 5.75 Å². The number of unbranched alkanes of at least 4 members (excludes halogenated alkanes) is 1. The molecule has 56 heavy (non-hydrogen) atoms. The van der Waals surface area contributed by atoms with Gasteiger partial charge < -0.3 is 19.9 Å². The van der Waals surface area contributed by atoms with E-state index in [0.717, 1.165) is 22.6 Å². The number of fused-ring (bicyclic) bond motifs is 2. The van der Waals surface area contributed by atoms with Gasteiger partial charge in [0.25, 0.3) is 11.8 Å². The predicted octanol–water partition coefficient (Wildman–Crippen LogP) is 4.17. The molecule has 2 aromatic heterocycles. The van der Waals surface area contributed by atoms with Crippen LogP contribution in [0.25, 0.3) is 33.7 Å². The summed E-state index contributed by atoms with van der Waals surface area (Å²) in [5.41, 5.74) is 4.96. The monoisotopic (exact) mass is 759 g/mol. The summed E-state index contributed by atoms with van der Waals surface area (Å²) in [6, 6.07) is 16.4. The van der Waals surface area contributed by atoms with E-state index < -0.39 is 35.5 Å². The number of ether oxygens (including phenoxy) is 1. The molecule has 286 valence electrons. The molecule has 15 nitrogen and oxygen atoms in total. The van der Waals surface area contributed by atoms with Crippen molar-refractivity contribution in [2.45, 2.75) is 38.1 Å². The Morgan fingerprint density at radius 1 is 0.964 bits per heavy atom. The van der Waals surface area contributed by atoms with Gasteiger partial charge in [0.05, 0.1) is 30.0 Å². The van der Waals surface area contributed by atoms with E-state index in [1.165, 1.54) is 13.2 Å². The number of halogens is 1. The molecule has 5 heterocycles. The van der Waals surface area contributed by atoms with Crippen molar-refractivity contribution in [2.24, 2.45) is 0 Å². The van der Waals surface area contributed by atoms with Crippen LogP contribution in [0, 0.1) is 5.82 Å². The third-order valence-electron chi connectivity index (χ3n) is 10.4. The summed E-state index contributed by atoms with van der Waals surface area (Å²) in [6.07, 6.45) is 3.57. The van der Waals surface area contributed by atoms with E-state index in [0.29, 0.717) is 73.7 Å². The highest BCUT2D eigenvalue weighted by Crippen LogP contribution is 2.34. The SMILES string of the molecule is COc1cccc(F)c1-c1ncc2[nH]nc(-c3ccc(N4CCN(C(=O)CCCCNc5ccc6c(c5)C(=O)N(C5CCC(=O)NC5=O)C6=O)CC4)cc3)c2n1. The molecule has 0 radical (unpaired) electrons. The molecule has 0 bridgehead atoms. The normalized spacial score (nSPS) is 17.0.